The average molecular weight is 336 g/mol. The number of aromatic nitrogens is 3. The van der Waals surface area contributed by atoms with Gasteiger partial charge in [0, 0.05) is 48.5 Å². The minimum Gasteiger partial charge on any atom is -0.489 e. The number of ether oxygens (including phenoxy) is 1. The lowest BCUT2D eigenvalue weighted by atomic mass is 10.1. The van der Waals surface area contributed by atoms with E-state index < -0.39 is 0 Å². The number of hydrogen-bond acceptors (Lipinski definition) is 4. The fourth-order valence-electron chi connectivity index (χ4n) is 2.63. The van der Waals surface area contributed by atoms with Crippen molar-refractivity contribution in [2.45, 2.75) is 39.1 Å². The quantitative estimate of drug-likeness (QED) is 0.683. The molecule has 2 aromatic heterocycles. The average Bonchev–Trinajstić information content (AvgIpc) is 3.20. The van der Waals surface area contributed by atoms with Crippen molar-refractivity contribution in [1.82, 2.24) is 20.1 Å². The molecule has 5 heteroatoms. The predicted octanol–water partition coefficient (Wildman–Crippen LogP) is 3.60. The van der Waals surface area contributed by atoms with Gasteiger partial charge in [-0.1, -0.05) is 24.3 Å². The van der Waals surface area contributed by atoms with E-state index in [1.807, 2.05) is 59.7 Å². The van der Waals surface area contributed by atoms with Gasteiger partial charge in [0.25, 0.3) is 0 Å². The maximum Gasteiger partial charge on any atom is 0.124 e. The van der Waals surface area contributed by atoms with Crippen LogP contribution in [-0.4, -0.2) is 20.8 Å². The number of nitrogens with one attached hydrogen (secondary N) is 1. The Hall–Kier alpha value is -2.66. The summed E-state index contributed by atoms with van der Waals surface area (Å²) in [5.74, 6) is 0.901. The van der Waals surface area contributed by atoms with Gasteiger partial charge in [0.1, 0.15) is 12.4 Å². The van der Waals surface area contributed by atoms with Crippen LogP contribution in [-0.2, 0) is 13.2 Å². The molecule has 0 fully saturated rings. The van der Waals surface area contributed by atoms with Gasteiger partial charge in [0.15, 0.2) is 0 Å². The highest BCUT2D eigenvalue weighted by atomic mass is 16.5. The summed E-state index contributed by atoms with van der Waals surface area (Å²) >= 11 is 0. The van der Waals surface area contributed by atoms with E-state index in [0.29, 0.717) is 6.61 Å². The van der Waals surface area contributed by atoms with Crippen LogP contribution in [0.4, 0.5) is 0 Å². The van der Waals surface area contributed by atoms with Crippen LogP contribution < -0.4 is 10.1 Å². The fraction of sp³-hybridized carbons (Fsp3) is 0.300. The monoisotopic (exact) mass is 336 g/mol. The van der Waals surface area contributed by atoms with Gasteiger partial charge in [-0.05, 0) is 32.0 Å². The lowest BCUT2D eigenvalue weighted by Crippen LogP contribution is -2.33. The summed E-state index contributed by atoms with van der Waals surface area (Å²) in [5.41, 5.74) is 2.21. The Morgan fingerprint density at radius 3 is 2.72 bits per heavy atom. The first kappa shape index (κ1) is 17.2. The first-order chi connectivity index (χ1) is 12.2. The standard InChI is InChI=1S/C20H24N4O/c1-16(17(2)24-12-6-11-23-24)22-14-19-8-3-4-9-20(19)25-15-18-7-5-10-21-13-18/h3-13,16-17,22H,14-15H2,1-2H3/t16-,17-/m0/s1. The number of rotatable bonds is 8. The Labute approximate surface area is 148 Å². The number of pyridine rings is 1. The fourth-order valence-corrected chi connectivity index (χ4v) is 2.63. The third kappa shape index (κ3) is 4.67. The highest BCUT2D eigenvalue weighted by molar-refractivity contribution is 5.33. The number of nitrogens with zero attached hydrogens (tertiary/aromatic N) is 3. The zero-order valence-electron chi connectivity index (χ0n) is 14.7. The molecule has 0 radical (unpaired) electrons. The molecule has 0 aliphatic rings. The van der Waals surface area contributed by atoms with Crippen molar-refractivity contribution < 1.29 is 4.74 Å². The minimum absolute atomic E-state index is 0.276. The molecule has 0 aliphatic carbocycles. The summed E-state index contributed by atoms with van der Waals surface area (Å²) in [6.07, 6.45) is 7.40. The zero-order valence-corrected chi connectivity index (χ0v) is 14.7. The van der Waals surface area contributed by atoms with Gasteiger partial charge in [0.05, 0.1) is 6.04 Å². The Bertz CT molecular complexity index is 758. The van der Waals surface area contributed by atoms with Crippen molar-refractivity contribution in [2.75, 3.05) is 0 Å². The van der Waals surface area contributed by atoms with E-state index in [-0.39, 0.29) is 12.1 Å². The molecule has 130 valence electrons. The van der Waals surface area contributed by atoms with Crippen molar-refractivity contribution in [3.63, 3.8) is 0 Å². The molecule has 2 atom stereocenters. The van der Waals surface area contributed by atoms with Gasteiger partial charge in [-0.15, -0.1) is 0 Å². The van der Waals surface area contributed by atoms with Crippen LogP contribution in [0.2, 0.25) is 0 Å². The Morgan fingerprint density at radius 2 is 1.96 bits per heavy atom. The van der Waals surface area contributed by atoms with Gasteiger partial charge in [-0.25, -0.2) is 0 Å². The maximum atomic E-state index is 5.99. The molecule has 25 heavy (non-hydrogen) atoms. The van der Waals surface area contributed by atoms with E-state index >= 15 is 0 Å². The molecule has 0 bridgehead atoms. The van der Waals surface area contributed by atoms with Crippen LogP contribution >= 0.6 is 0 Å². The molecule has 3 rings (SSSR count). The van der Waals surface area contributed by atoms with E-state index in [1.54, 1.807) is 6.20 Å². The first-order valence-corrected chi connectivity index (χ1v) is 8.56. The van der Waals surface area contributed by atoms with E-state index in [1.165, 1.54) is 0 Å². The second kappa shape index (κ2) is 8.44. The van der Waals surface area contributed by atoms with E-state index in [2.05, 4.69) is 35.3 Å². The Kier molecular flexibility index (Phi) is 5.80. The zero-order chi connectivity index (χ0) is 17.5. The first-order valence-electron chi connectivity index (χ1n) is 8.56. The van der Waals surface area contributed by atoms with Crippen molar-refractivity contribution in [1.29, 1.82) is 0 Å². The molecule has 5 nitrogen and oxygen atoms in total. The summed E-state index contributed by atoms with van der Waals surface area (Å²) < 4.78 is 7.97. The molecule has 0 saturated carbocycles. The van der Waals surface area contributed by atoms with Crippen LogP contribution in [0.5, 0.6) is 5.75 Å². The molecule has 0 unspecified atom stereocenters. The minimum atomic E-state index is 0.276. The SMILES string of the molecule is C[C@H](NCc1ccccc1OCc1cccnc1)[C@H](C)n1cccn1. The highest BCUT2D eigenvalue weighted by Gasteiger charge is 2.14. The van der Waals surface area contributed by atoms with Crippen LogP contribution in [0.25, 0.3) is 0 Å². The number of para-hydroxylation sites is 1. The van der Waals surface area contributed by atoms with Crippen molar-refractivity contribution in [3.05, 3.63) is 78.4 Å². The maximum absolute atomic E-state index is 5.99. The van der Waals surface area contributed by atoms with Gasteiger partial charge < -0.3 is 10.1 Å². The van der Waals surface area contributed by atoms with Gasteiger partial charge in [0.2, 0.25) is 0 Å². The number of benzene rings is 1. The normalized spacial score (nSPS) is 13.4. The molecule has 1 aromatic carbocycles. The summed E-state index contributed by atoms with van der Waals surface area (Å²) in [5, 5.41) is 7.89. The van der Waals surface area contributed by atoms with E-state index in [0.717, 1.165) is 23.4 Å². The van der Waals surface area contributed by atoms with Crippen LogP contribution in [0.1, 0.15) is 31.0 Å². The third-order valence-corrected chi connectivity index (χ3v) is 4.37. The third-order valence-electron chi connectivity index (χ3n) is 4.37. The molecule has 0 spiro atoms. The predicted molar refractivity (Wildman–Crippen MR) is 98.3 cm³/mol. The molecule has 1 N–H and O–H groups in total. The lowest BCUT2D eigenvalue weighted by Gasteiger charge is -2.22. The topological polar surface area (TPSA) is 52.0 Å². The Balaban J connectivity index is 1.59. The summed E-state index contributed by atoms with van der Waals surface area (Å²) in [6.45, 7) is 5.60. The van der Waals surface area contributed by atoms with Crippen molar-refractivity contribution in [2.24, 2.45) is 0 Å². The summed E-state index contributed by atoms with van der Waals surface area (Å²) in [6, 6.07) is 14.6. The van der Waals surface area contributed by atoms with E-state index in [9.17, 15) is 0 Å². The molecular formula is C20H24N4O. The molecule has 2 heterocycles. The lowest BCUT2D eigenvalue weighted by molar-refractivity contribution is 0.299. The number of hydrogen-bond donors (Lipinski definition) is 1. The van der Waals surface area contributed by atoms with E-state index in [4.69, 9.17) is 4.74 Å². The highest BCUT2D eigenvalue weighted by Crippen LogP contribution is 2.20. The van der Waals surface area contributed by atoms with Crippen molar-refractivity contribution in [3.8, 4) is 5.75 Å². The summed E-state index contributed by atoms with van der Waals surface area (Å²) in [4.78, 5) is 4.12. The van der Waals surface area contributed by atoms with Crippen LogP contribution in [0.3, 0.4) is 0 Å². The van der Waals surface area contributed by atoms with Crippen LogP contribution in [0, 0.1) is 0 Å². The van der Waals surface area contributed by atoms with Gasteiger partial charge >= 0.3 is 0 Å². The largest absolute Gasteiger partial charge is 0.489 e. The van der Waals surface area contributed by atoms with Crippen molar-refractivity contribution >= 4 is 0 Å². The van der Waals surface area contributed by atoms with Gasteiger partial charge in [-0.3, -0.25) is 9.67 Å². The molecular weight excluding hydrogens is 312 g/mol. The van der Waals surface area contributed by atoms with Crippen LogP contribution in [0.15, 0.2) is 67.3 Å². The second-order valence-corrected chi connectivity index (χ2v) is 6.15. The molecule has 3 aromatic rings. The molecule has 0 amide bonds. The Morgan fingerprint density at radius 1 is 1.08 bits per heavy atom. The smallest absolute Gasteiger partial charge is 0.124 e. The molecule has 0 aliphatic heterocycles. The van der Waals surface area contributed by atoms with Gasteiger partial charge in [-0.2, -0.15) is 5.10 Å². The summed E-state index contributed by atoms with van der Waals surface area (Å²) in [7, 11) is 0. The second-order valence-electron chi connectivity index (χ2n) is 6.15. The molecule has 0 saturated heterocycles.